The Morgan fingerprint density at radius 2 is 2.05 bits per heavy atom. The van der Waals surface area contributed by atoms with Gasteiger partial charge in [-0.2, -0.15) is 4.98 Å². The number of fused-ring (bicyclic) bond motifs is 1. The van der Waals surface area contributed by atoms with Crippen molar-refractivity contribution in [2.45, 2.75) is 12.2 Å². The van der Waals surface area contributed by atoms with E-state index in [1.807, 2.05) is 0 Å². The highest BCUT2D eigenvalue weighted by Crippen LogP contribution is 2.15. The van der Waals surface area contributed by atoms with E-state index >= 15 is 0 Å². The Morgan fingerprint density at radius 1 is 1.37 bits per heavy atom. The van der Waals surface area contributed by atoms with Gasteiger partial charge >= 0.3 is 5.97 Å². The second-order valence-electron chi connectivity index (χ2n) is 3.65. The minimum atomic E-state index is -2.08. The van der Waals surface area contributed by atoms with Gasteiger partial charge in [-0.3, -0.25) is 9.78 Å². The van der Waals surface area contributed by atoms with Crippen molar-refractivity contribution < 1.29 is 20.1 Å². The largest absolute Gasteiger partial charge is 0.479 e. The summed E-state index contributed by atoms with van der Waals surface area (Å²) in [5.41, 5.74) is 4.09. The van der Waals surface area contributed by atoms with Crippen molar-refractivity contribution in [1.82, 2.24) is 19.9 Å². The van der Waals surface area contributed by atoms with Gasteiger partial charge in [-0.25, -0.2) is 14.8 Å². The standard InChI is InChI=1S/C9H9N5O5/c10-9-13-6-3(7(17)14-9)12-2(1-11-6)4(15)5(16)8(18)19/h1,4-5,15-16H,(H,18,19)(H3,10,11,13,14,17)/t4-,5-/m0/s1. The number of aliphatic carboxylic acids is 1. The molecule has 10 heteroatoms. The Bertz CT molecular complexity index is 699. The van der Waals surface area contributed by atoms with E-state index in [-0.39, 0.29) is 22.8 Å². The second kappa shape index (κ2) is 4.59. The topological polar surface area (TPSA) is 175 Å². The van der Waals surface area contributed by atoms with E-state index in [0.29, 0.717) is 0 Å². The van der Waals surface area contributed by atoms with Crippen molar-refractivity contribution >= 4 is 23.1 Å². The molecule has 0 aromatic carbocycles. The zero-order chi connectivity index (χ0) is 14.2. The van der Waals surface area contributed by atoms with Gasteiger partial charge in [0.2, 0.25) is 5.95 Å². The van der Waals surface area contributed by atoms with Crippen LogP contribution in [0.2, 0.25) is 0 Å². The van der Waals surface area contributed by atoms with E-state index < -0.39 is 23.7 Å². The number of carbonyl (C=O) groups is 1. The van der Waals surface area contributed by atoms with Gasteiger partial charge in [0, 0.05) is 0 Å². The number of hydrogen-bond acceptors (Lipinski definition) is 8. The first kappa shape index (κ1) is 12.9. The molecule has 0 aliphatic carbocycles. The Morgan fingerprint density at radius 3 is 2.68 bits per heavy atom. The van der Waals surface area contributed by atoms with Crippen LogP contribution in [0, 0.1) is 0 Å². The summed E-state index contributed by atoms with van der Waals surface area (Å²) in [7, 11) is 0. The molecule has 0 aliphatic heterocycles. The number of aromatic nitrogens is 4. The number of nitrogen functional groups attached to an aromatic ring is 1. The Kier molecular flexibility index (Phi) is 3.10. The molecular formula is C9H9N5O5. The predicted octanol–water partition coefficient (Wildman–Crippen LogP) is -2.23. The number of nitrogens with two attached hydrogens (primary N) is 1. The van der Waals surface area contributed by atoms with E-state index in [9.17, 15) is 19.8 Å². The molecule has 2 heterocycles. The zero-order valence-electron chi connectivity index (χ0n) is 9.31. The lowest BCUT2D eigenvalue weighted by Crippen LogP contribution is -2.28. The molecule has 0 bridgehead atoms. The Hall–Kier alpha value is -2.59. The number of anilines is 1. The van der Waals surface area contributed by atoms with Crippen LogP contribution < -0.4 is 11.3 Å². The van der Waals surface area contributed by atoms with Gasteiger partial charge in [0.25, 0.3) is 5.56 Å². The molecule has 0 amide bonds. The van der Waals surface area contributed by atoms with Gasteiger partial charge in [0.05, 0.1) is 11.9 Å². The number of nitrogens with zero attached hydrogens (tertiary/aromatic N) is 3. The smallest absolute Gasteiger partial charge is 0.335 e. The van der Waals surface area contributed by atoms with Crippen LogP contribution in [-0.4, -0.2) is 47.3 Å². The monoisotopic (exact) mass is 267 g/mol. The maximum atomic E-state index is 11.5. The molecule has 0 aliphatic rings. The SMILES string of the molecule is Nc1nc2ncc([C@H](O)[C@H](O)C(=O)O)nc2c(=O)[nH]1. The molecule has 2 atom stereocenters. The first-order valence-electron chi connectivity index (χ1n) is 5.01. The summed E-state index contributed by atoms with van der Waals surface area (Å²) >= 11 is 0. The highest BCUT2D eigenvalue weighted by molar-refractivity contribution is 5.73. The summed E-state index contributed by atoms with van der Waals surface area (Å²) < 4.78 is 0. The van der Waals surface area contributed by atoms with E-state index in [4.69, 9.17) is 10.8 Å². The number of aromatic amines is 1. The summed E-state index contributed by atoms with van der Waals surface area (Å²) in [6.45, 7) is 0. The van der Waals surface area contributed by atoms with Crippen LogP contribution in [-0.2, 0) is 4.79 Å². The lowest BCUT2D eigenvalue weighted by Gasteiger charge is -2.12. The number of aliphatic hydroxyl groups excluding tert-OH is 2. The molecule has 19 heavy (non-hydrogen) atoms. The van der Waals surface area contributed by atoms with Crippen molar-refractivity contribution in [3.63, 3.8) is 0 Å². The number of hydrogen-bond donors (Lipinski definition) is 5. The highest BCUT2D eigenvalue weighted by Gasteiger charge is 2.27. The van der Waals surface area contributed by atoms with Crippen LogP contribution in [0.4, 0.5) is 5.95 Å². The molecule has 10 nitrogen and oxygen atoms in total. The van der Waals surface area contributed by atoms with Gasteiger partial charge in [-0.05, 0) is 0 Å². The van der Waals surface area contributed by atoms with Gasteiger partial charge in [0.1, 0.15) is 6.10 Å². The van der Waals surface area contributed by atoms with Gasteiger partial charge in [-0.1, -0.05) is 0 Å². The molecule has 0 saturated heterocycles. The van der Waals surface area contributed by atoms with Crippen LogP contribution in [0.25, 0.3) is 11.2 Å². The second-order valence-corrected chi connectivity index (χ2v) is 3.65. The molecule has 0 saturated carbocycles. The van der Waals surface area contributed by atoms with Crippen LogP contribution >= 0.6 is 0 Å². The molecule has 0 fully saturated rings. The van der Waals surface area contributed by atoms with Crippen LogP contribution in [0.15, 0.2) is 11.0 Å². The third kappa shape index (κ3) is 2.34. The summed E-state index contributed by atoms with van der Waals surface area (Å²) in [5.74, 6) is -1.77. The zero-order valence-corrected chi connectivity index (χ0v) is 9.31. The fraction of sp³-hybridized carbons (Fsp3) is 0.222. The fourth-order valence-corrected chi connectivity index (χ4v) is 1.39. The normalized spacial score (nSPS) is 14.2. The third-order valence-electron chi connectivity index (χ3n) is 2.31. The summed E-state index contributed by atoms with van der Waals surface area (Å²) in [6.07, 6.45) is -2.88. The minimum absolute atomic E-state index is 0.0537. The molecule has 2 aromatic rings. The maximum absolute atomic E-state index is 11.5. The average Bonchev–Trinajstić information content (AvgIpc) is 2.36. The number of carboxylic acid groups (broad SMARTS) is 1. The van der Waals surface area contributed by atoms with E-state index in [0.717, 1.165) is 6.20 Å². The third-order valence-corrected chi connectivity index (χ3v) is 2.31. The van der Waals surface area contributed by atoms with Crippen LogP contribution in [0.1, 0.15) is 11.8 Å². The van der Waals surface area contributed by atoms with Crippen molar-refractivity contribution in [2.75, 3.05) is 5.73 Å². The molecule has 0 spiro atoms. The van der Waals surface area contributed by atoms with Crippen molar-refractivity contribution in [3.8, 4) is 0 Å². The lowest BCUT2D eigenvalue weighted by atomic mass is 10.1. The first-order valence-corrected chi connectivity index (χ1v) is 5.01. The van der Waals surface area contributed by atoms with Crippen LogP contribution in [0.5, 0.6) is 0 Å². The van der Waals surface area contributed by atoms with Gasteiger partial charge < -0.3 is 21.1 Å². The van der Waals surface area contributed by atoms with E-state index in [1.165, 1.54) is 0 Å². The molecule has 2 aromatic heterocycles. The van der Waals surface area contributed by atoms with Crippen molar-refractivity contribution in [3.05, 3.63) is 22.2 Å². The molecule has 2 rings (SSSR count). The number of aliphatic hydroxyl groups is 2. The summed E-state index contributed by atoms with van der Waals surface area (Å²) in [5, 5.41) is 27.3. The molecule has 100 valence electrons. The minimum Gasteiger partial charge on any atom is -0.479 e. The molecular weight excluding hydrogens is 258 g/mol. The fourth-order valence-electron chi connectivity index (χ4n) is 1.39. The summed E-state index contributed by atoms with van der Waals surface area (Å²) in [4.78, 5) is 35.4. The van der Waals surface area contributed by atoms with E-state index in [2.05, 4.69) is 19.9 Å². The Balaban J connectivity index is 2.53. The maximum Gasteiger partial charge on any atom is 0.335 e. The molecule has 6 N–H and O–H groups in total. The number of H-pyrrole nitrogens is 1. The lowest BCUT2D eigenvalue weighted by molar-refractivity contribution is -0.153. The number of nitrogens with one attached hydrogen (secondary N) is 1. The van der Waals surface area contributed by atoms with Crippen molar-refractivity contribution in [1.29, 1.82) is 0 Å². The summed E-state index contributed by atoms with van der Waals surface area (Å²) in [6, 6.07) is 0. The van der Waals surface area contributed by atoms with Gasteiger partial charge in [0.15, 0.2) is 17.3 Å². The number of carboxylic acids is 1. The number of rotatable bonds is 3. The van der Waals surface area contributed by atoms with E-state index in [1.54, 1.807) is 0 Å². The molecule has 0 unspecified atom stereocenters. The van der Waals surface area contributed by atoms with Crippen LogP contribution in [0.3, 0.4) is 0 Å². The van der Waals surface area contributed by atoms with Gasteiger partial charge in [-0.15, -0.1) is 0 Å². The first-order chi connectivity index (χ1) is 8.90. The predicted molar refractivity (Wildman–Crippen MR) is 61.0 cm³/mol. The van der Waals surface area contributed by atoms with Crippen molar-refractivity contribution in [2.24, 2.45) is 0 Å². The molecule has 0 radical (unpaired) electrons. The highest BCUT2D eigenvalue weighted by atomic mass is 16.4. The quantitative estimate of drug-likeness (QED) is 0.412. The average molecular weight is 267 g/mol. The Labute approximate surface area is 104 Å².